The summed E-state index contributed by atoms with van der Waals surface area (Å²) in [5, 5.41) is 13.9. The minimum Gasteiger partial charge on any atom is -0.478 e. The molecule has 0 spiro atoms. The predicted octanol–water partition coefficient (Wildman–Crippen LogP) is 2.61. The summed E-state index contributed by atoms with van der Waals surface area (Å²) in [6.45, 7) is 0. The first-order chi connectivity index (χ1) is 11.1. The zero-order valence-electron chi connectivity index (χ0n) is 11.8. The fraction of sp³-hybridized carbons (Fsp3) is 0. The lowest BCUT2D eigenvalue weighted by atomic mass is 10.0. The maximum absolute atomic E-state index is 12.2. The Labute approximate surface area is 130 Å². The van der Waals surface area contributed by atoms with Crippen molar-refractivity contribution in [3.8, 4) is 11.3 Å². The van der Waals surface area contributed by atoms with E-state index in [0.717, 1.165) is 16.8 Å². The van der Waals surface area contributed by atoms with Crippen LogP contribution in [0.15, 0.2) is 47.6 Å². The fourth-order valence-corrected chi connectivity index (χ4v) is 2.84. The molecule has 0 radical (unpaired) electrons. The zero-order chi connectivity index (χ0) is 16.0. The molecule has 112 valence electrons. The quantitative estimate of drug-likeness (QED) is 0.679. The van der Waals surface area contributed by atoms with Crippen molar-refractivity contribution in [2.24, 2.45) is 5.10 Å². The van der Waals surface area contributed by atoms with Gasteiger partial charge in [0.1, 0.15) is 0 Å². The summed E-state index contributed by atoms with van der Waals surface area (Å²) in [7, 11) is 0. The number of hydrazone groups is 1. The van der Waals surface area contributed by atoms with Crippen molar-refractivity contribution in [2.75, 3.05) is 0 Å². The molecule has 0 saturated carbocycles. The topological polar surface area (TPSA) is 94.5 Å². The number of rotatable bonds is 2. The lowest BCUT2D eigenvalue weighted by molar-refractivity contribution is 0.0697. The number of nitrogens with one attached hydrogen (secondary N) is 2. The van der Waals surface area contributed by atoms with E-state index in [9.17, 15) is 14.7 Å². The standard InChI is InChI=1S/C17H11N3O3/c21-16-11-6-10(17(22)23)7-13-14(11)12(8-18-20-16)15(19-13)9-4-2-1-3-5-9/h1-8,19H,(H,20,21)(H,22,23). The molecule has 6 nitrogen and oxygen atoms in total. The van der Waals surface area contributed by atoms with Gasteiger partial charge in [0.2, 0.25) is 0 Å². The van der Waals surface area contributed by atoms with Gasteiger partial charge < -0.3 is 10.1 Å². The molecule has 1 aliphatic heterocycles. The van der Waals surface area contributed by atoms with E-state index >= 15 is 0 Å². The molecule has 1 aromatic heterocycles. The second-order valence-corrected chi connectivity index (χ2v) is 5.23. The average Bonchev–Trinajstić information content (AvgIpc) is 2.84. The largest absolute Gasteiger partial charge is 0.478 e. The minimum atomic E-state index is -1.08. The Kier molecular flexibility index (Phi) is 2.77. The second-order valence-electron chi connectivity index (χ2n) is 5.23. The molecule has 1 amide bonds. The fourth-order valence-electron chi connectivity index (χ4n) is 2.84. The number of hydrogen-bond acceptors (Lipinski definition) is 3. The highest BCUT2D eigenvalue weighted by Gasteiger charge is 2.23. The lowest BCUT2D eigenvalue weighted by Crippen LogP contribution is -2.17. The van der Waals surface area contributed by atoms with Gasteiger partial charge in [0.15, 0.2) is 0 Å². The molecule has 4 rings (SSSR count). The van der Waals surface area contributed by atoms with Crippen LogP contribution in [0.5, 0.6) is 0 Å². The van der Waals surface area contributed by atoms with E-state index in [1.165, 1.54) is 12.1 Å². The number of benzene rings is 2. The highest BCUT2D eigenvalue weighted by molar-refractivity contribution is 6.18. The van der Waals surface area contributed by atoms with Gasteiger partial charge in [-0.1, -0.05) is 30.3 Å². The average molecular weight is 305 g/mol. The summed E-state index contributed by atoms with van der Waals surface area (Å²) >= 11 is 0. The number of amides is 1. The van der Waals surface area contributed by atoms with Gasteiger partial charge in [-0.25, -0.2) is 10.2 Å². The Hall–Kier alpha value is -3.41. The molecule has 1 aliphatic rings. The zero-order valence-corrected chi connectivity index (χ0v) is 11.8. The van der Waals surface area contributed by atoms with Crippen LogP contribution in [-0.2, 0) is 0 Å². The summed E-state index contributed by atoms with van der Waals surface area (Å²) in [5.41, 5.74) is 5.84. The van der Waals surface area contributed by atoms with Crippen molar-refractivity contribution in [3.63, 3.8) is 0 Å². The van der Waals surface area contributed by atoms with Gasteiger partial charge in [0, 0.05) is 16.5 Å². The molecule has 0 atom stereocenters. The third-order valence-corrected chi connectivity index (χ3v) is 3.85. The number of nitrogens with zero attached hydrogens (tertiary/aromatic N) is 1. The van der Waals surface area contributed by atoms with Gasteiger partial charge in [-0.3, -0.25) is 4.79 Å². The molecular formula is C17H11N3O3. The Bertz CT molecular complexity index is 987. The van der Waals surface area contributed by atoms with E-state index in [2.05, 4.69) is 15.5 Å². The molecular weight excluding hydrogens is 294 g/mol. The first-order valence-corrected chi connectivity index (χ1v) is 6.97. The molecule has 0 saturated heterocycles. The van der Waals surface area contributed by atoms with Crippen molar-refractivity contribution < 1.29 is 14.7 Å². The number of aromatic carboxylic acids is 1. The van der Waals surface area contributed by atoms with E-state index in [-0.39, 0.29) is 5.56 Å². The lowest BCUT2D eigenvalue weighted by Gasteiger charge is -2.02. The van der Waals surface area contributed by atoms with E-state index < -0.39 is 11.9 Å². The number of aromatic amines is 1. The summed E-state index contributed by atoms with van der Waals surface area (Å²) in [4.78, 5) is 26.7. The van der Waals surface area contributed by atoms with Gasteiger partial charge in [-0.2, -0.15) is 5.10 Å². The van der Waals surface area contributed by atoms with E-state index in [1.807, 2.05) is 30.3 Å². The molecule has 3 N–H and O–H groups in total. The van der Waals surface area contributed by atoms with Gasteiger partial charge in [0.25, 0.3) is 5.91 Å². The normalized spacial score (nSPS) is 13.0. The van der Waals surface area contributed by atoms with Gasteiger partial charge in [-0.05, 0) is 17.7 Å². The molecule has 3 aromatic rings. The van der Waals surface area contributed by atoms with Crippen LogP contribution >= 0.6 is 0 Å². The van der Waals surface area contributed by atoms with Gasteiger partial charge >= 0.3 is 5.97 Å². The van der Waals surface area contributed by atoms with Crippen molar-refractivity contribution in [3.05, 3.63) is 59.2 Å². The smallest absolute Gasteiger partial charge is 0.335 e. The first kappa shape index (κ1) is 13.3. The van der Waals surface area contributed by atoms with Crippen molar-refractivity contribution in [1.82, 2.24) is 10.4 Å². The summed E-state index contributed by atoms with van der Waals surface area (Å²) in [6, 6.07) is 12.5. The third-order valence-electron chi connectivity index (χ3n) is 3.85. The number of H-pyrrole nitrogens is 1. The van der Waals surface area contributed by atoms with E-state index in [4.69, 9.17) is 0 Å². The summed E-state index contributed by atoms with van der Waals surface area (Å²) in [5.74, 6) is -1.51. The van der Waals surface area contributed by atoms with E-state index in [1.54, 1.807) is 6.21 Å². The third kappa shape index (κ3) is 2.00. The molecule has 0 bridgehead atoms. The van der Waals surface area contributed by atoms with Crippen LogP contribution in [0.3, 0.4) is 0 Å². The number of hydrogen-bond donors (Lipinski definition) is 3. The molecule has 0 fully saturated rings. The molecule has 0 unspecified atom stereocenters. The van der Waals surface area contributed by atoms with Crippen LogP contribution in [0.1, 0.15) is 26.3 Å². The monoisotopic (exact) mass is 305 g/mol. The maximum atomic E-state index is 12.2. The predicted molar refractivity (Wildman–Crippen MR) is 85.8 cm³/mol. The number of carbonyl (C=O) groups excluding carboxylic acids is 1. The van der Waals surface area contributed by atoms with Crippen molar-refractivity contribution in [1.29, 1.82) is 0 Å². The highest BCUT2D eigenvalue weighted by atomic mass is 16.4. The Morgan fingerprint density at radius 1 is 1.13 bits per heavy atom. The van der Waals surface area contributed by atoms with Gasteiger partial charge in [-0.15, -0.1) is 0 Å². The maximum Gasteiger partial charge on any atom is 0.335 e. The van der Waals surface area contributed by atoms with Gasteiger partial charge in [0.05, 0.1) is 23.0 Å². The second kappa shape index (κ2) is 4.81. The minimum absolute atomic E-state index is 0.0527. The van der Waals surface area contributed by atoms with Crippen LogP contribution in [0.25, 0.3) is 22.2 Å². The number of carboxylic acids is 1. The number of aromatic nitrogens is 1. The number of carbonyl (C=O) groups is 2. The Balaban J connectivity index is 2.11. The molecule has 2 aromatic carbocycles. The molecule has 6 heteroatoms. The Morgan fingerprint density at radius 2 is 1.91 bits per heavy atom. The van der Waals surface area contributed by atoms with Crippen LogP contribution in [-0.4, -0.2) is 28.2 Å². The van der Waals surface area contributed by atoms with Crippen LogP contribution in [0.2, 0.25) is 0 Å². The molecule has 2 heterocycles. The summed E-state index contributed by atoms with van der Waals surface area (Å²) in [6.07, 6.45) is 1.58. The number of carboxylic acid groups (broad SMARTS) is 1. The summed E-state index contributed by atoms with van der Waals surface area (Å²) < 4.78 is 0. The highest BCUT2D eigenvalue weighted by Crippen LogP contribution is 2.33. The van der Waals surface area contributed by atoms with Crippen LogP contribution in [0.4, 0.5) is 0 Å². The molecule has 0 aliphatic carbocycles. The molecule has 23 heavy (non-hydrogen) atoms. The van der Waals surface area contributed by atoms with Crippen molar-refractivity contribution >= 4 is 29.0 Å². The Morgan fingerprint density at radius 3 is 2.65 bits per heavy atom. The SMILES string of the molecule is O=C(O)c1cc2c3c(c(-c4ccccc4)[nH]c3c1)C=NNC2=O. The first-order valence-electron chi connectivity index (χ1n) is 6.97. The van der Waals surface area contributed by atoms with Crippen molar-refractivity contribution in [2.45, 2.75) is 0 Å². The van der Waals surface area contributed by atoms with Crippen LogP contribution in [0, 0.1) is 0 Å². The van der Waals surface area contributed by atoms with E-state index in [0.29, 0.717) is 16.5 Å². The van der Waals surface area contributed by atoms with Crippen LogP contribution < -0.4 is 5.43 Å².